The summed E-state index contributed by atoms with van der Waals surface area (Å²) in [6.45, 7) is 16.7. The molecule has 1 unspecified atom stereocenters. The first-order valence-electron chi connectivity index (χ1n) is 8.13. The summed E-state index contributed by atoms with van der Waals surface area (Å²) < 4.78 is 10.00. The number of halogens is 1. The number of nitrogens with zero attached hydrogens (tertiary/aromatic N) is 3. The molecule has 2 rings (SSSR count). The molecule has 2 aromatic rings. The standard InChI is InChI=1S/C17H28IN3OSi/c1-8-17(5,11-22-23(6,7)16(2,3)4)21-10-14(18)13-9-19-12-20-15(13)21/h9-10,12H,8,11H2,1-7H3. The minimum absolute atomic E-state index is 0.106. The molecule has 2 heterocycles. The fourth-order valence-electron chi connectivity index (χ4n) is 2.23. The predicted octanol–water partition coefficient (Wildman–Crippen LogP) is 5.18. The van der Waals surface area contributed by atoms with Gasteiger partial charge in [-0.1, -0.05) is 27.7 Å². The molecule has 2 aromatic heterocycles. The van der Waals surface area contributed by atoms with E-state index in [-0.39, 0.29) is 10.6 Å². The van der Waals surface area contributed by atoms with Crippen LogP contribution in [0.1, 0.15) is 41.0 Å². The lowest BCUT2D eigenvalue weighted by atomic mass is 10.0. The molecular formula is C17H28IN3OSi. The van der Waals surface area contributed by atoms with Gasteiger partial charge in [-0.3, -0.25) is 0 Å². The second kappa shape index (κ2) is 6.44. The van der Waals surface area contributed by atoms with Crippen molar-refractivity contribution in [2.45, 2.75) is 64.7 Å². The van der Waals surface area contributed by atoms with Crippen LogP contribution < -0.4 is 0 Å². The van der Waals surface area contributed by atoms with Crippen molar-refractivity contribution in [3.63, 3.8) is 0 Å². The third-order valence-corrected chi connectivity index (χ3v) is 10.7. The van der Waals surface area contributed by atoms with E-state index >= 15 is 0 Å². The van der Waals surface area contributed by atoms with E-state index in [2.05, 4.69) is 91.0 Å². The molecule has 1 atom stereocenters. The third kappa shape index (κ3) is 3.63. The number of fused-ring (bicyclic) bond motifs is 1. The van der Waals surface area contributed by atoms with E-state index in [1.54, 1.807) is 6.33 Å². The topological polar surface area (TPSA) is 39.9 Å². The van der Waals surface area contributed by atoms with Crippen molar-refractivity contribution in [2.24, 2.45) is 0 Å². The summed E-state index contributed by atoms with van der Waals surface area (Å²) in [6.07, 6.45) is 6.69. The van der Waals surface area contributed by atoms with E-state index in [0.717, 1.165) is 17.5 Å². The largest absolute Gasteiger partial charge is 0.414 e. The minimum atomic E-state index is -1.77. The van der Waals surface area contributed by atoms with E-state index in [1.165, 1.54) is 3.57 Å². The van der Waals surface area contributed by atoms with Crippen LogP contribution in [-0.4, -0.2) is 29.5 Å². The Hall–Kier alpha value is -0.473. The average molecular weight is 445 g/mol. The van der Waals surface area contributed by atoms with Crippen LogP contribution in [0.25, 0.3) is 11.0 Å². The van der Waals surface area contributed by atoms with Crippen molar-refractivity contribution < 1.29 is 4.43 Å². The molecule has 0 saturated heterocycles. The molecule has 0 spiro atoms. The van der Waals surface area contributed by atoms with E-state index in [4.69, 9.17) is 4.43 Å². The zero-order valence-electron chi connectivity index (χ0n) is 15.3. The highest BCUT2D eigenvalue weighted by molar-refractivity contribution is 14.1. The molecule has 0 bridgehead atoms. The molecule has 0 N–H and O–H groups in total. The third-order valence-electron chi connectivity index (χ3n) is 5.31. The van der Waals surface area contributed by atoms with Crippen molar-refractivity contribution in [3.05, 3.63) is 22.3 Å². The SMILES string of the molecule is CCC(C)(CO[Si](C)(C)C(C)(C)C)n1cc(I)c2cncnc21. The van der Waals surface area contributed by atoms with E-state index in [1.807, 2.05) is 6.20 Å². The average Bonchev–Trinajstić information content (AvgIpc) is 2.82. The van der Waals surface area contributed by atoms with Gasteiger partial charge in [-0.2, -0.15) is 0 Å². The second-order valence-electron chi connectivity index (χ2n) is 8.01. The molecule has 128 valence electrons. The quantitative estimate of drug-likeness (QED) is 0.470. The first kappa shape index (κ1) is 18.9. The molecule has 0 fully saturated rings. The molecule has 0 aliphatic heterocycles. The van der Waals surface area contributed by atoms with Gasteiger partial charge in [-0.15, -0.1) is 0 Å². The molecule has 0 aliphatic carbocycles. The monoisotopic (exact) mass is 445 g/mol. The Morgan fingerprint density at radius 1 is 1.26 bits per heavy atom. The van der Waals surface area contributed by atoms with Gasteiger partial charge in [0.25, 0.3) is 0 Å². The maximum absolute atomic E-state index is 6.53. The van der Waals surface area contributed by atoms with Crippen LogP contribution in [0.3, 0.4) is 0 Å². The molecule has 6 heteroatoms. The van der Waals surface area contributed by atoms with Crippen LogP contribution in [0.2, 0.25) is 18.1 Å². The van der Waals surface area contributed by atoms with Crippen molar-refractivity contribution in [2.75, 3.05) is 6.61 Å². The Kier molecular flexibility index (Phi) is 5.28. The van der Waals surface area contributed by atoms with Gasteiger partial charge in [-0.25, -0.2) is 9.97 Å². The Morgan fingerprint density at radius 3 is 2.48 bits per heavy atom. The van der Waals surface area contributed by atoms with Crippen LogP contribution in [0.5, 0.6) is 0 Å². The molecule has 0 amide bonds. The van der Waals surface area contributed by atoms with Gasteiger partial charge < -0.3 is 8.99 Å². The number of rotatable bonds is 5. The zero-order chi connectivity index (χ0) is 17.5. The number of hydrogen-bond acceptors (Lipinski definition) is 3. The fraction of sp³-hybridized carbons (Fsp3) is 0.647. The minimum Gasteiger partial charge on any atom is -0.414 e. The summed E-state index contributed by atoms with van der Waals surface area (Å²) in [5, 5.41) is 1.33. The van der Waals surface area contributed by atoms with Crippen molar-refractivity contribution in [3.8, 4) is 0 Å². The normalized spacial score (nSPS) is 15.8. The Labute approximate surface area is 154 Å². The lowest BCUT2D eigenvalue weighted by molar-refractivity contribution is 0.152. The first-order chi connectivity index (χ1) is 10.5. The summed E-state index contributed by atoms with van der Waals surface area (Å²) in [7, 11) is -1.77. The van der Waals surface area contributed by atoms with Crippen molar-refractivity contribution in [1.29, 1.82) is 0 Å². The Morgan fingerprint density at radius 2 is 1.91 bits per heavy atom. The Balaban J connectivity index is 2.37. The maximum Gasteiger partial charge on any atom is 0.192 e. The van der Waals surface area contributed by atoms with E-state index in [0.29, 0.717) is 6.61 Å². The van der Waals surface area contributed by atoms with E-state index in [9.17, 15) is 0 Å². The van der Waals surface area contributed by atoms with E-state index < -0.39 is 8.32 Å². The van der Waals surface area contributed by atoms with Crippen molar-refractivity contribution >= 4 is 41.9 Å². The maximum atomic E-state index is 6.53. The molecular weight excluding hydrogens is 417 g/mol. The smallest absolute Gasteiger partial charge is 0.192 e. The van der Waals surface area contributed by atoms with Crippen LogP contribution in [0.15, 0.2) is 18.7 Å². The second-order valence-corrected chi connectivity index (χ2v) is 14.0. The molecule has 0 aliphatic rings. The van der Waals surface area contributed by atoms with Gasteiger partial charge in [-0.05, 0) is 54.1 Å². The summed E-state index contributed by atoms with van der Waals surface area (Å²) in [5.74, 6) is 0. The highest BCUT2D eigenvalue weighted by Crippen LogP contribution is 2.38. The van der Waals surface area contributed by atoms with Gasteiger partial charge in [0.2, 0.25) is 0 Å². The van der Waals surface area contributed by atoms with Gasteiger partial charge in [0.15, 0.2) is 8.32 Å². The predicted molar refractivity (Wildman–Crippen MR) is 107 cm³/mol. The Bertz CT molecular complexity index is 693. The summed E-state index contributed by atoms with van der Waals surface area (Å²) in [4.78, 5) is 8.67. The molecule has 0 aromatic carbocycles. The van der Waals surface area contributed by atoms with Crippen LogP contribution in [-0.2, 0) is 9.96 Å². The van der Waals surface area contributed by atoms with Gasteiger partial charge in [0.1, 0.15) is 12.0 Å². The number of hydrogen-bond donors (Lipinski definition) is 0. The lowest BCUT2D eigenvalue weighted by Gasteiger charge is -2.40. The summed E-state index contributed by atoms with van der Waals surface area (Å²) in [6, 6.07) is 0. The molecule has 0 radical (unpaired) electrons. The fourth-order valence-corrected chi connectivity index (χ4v) is 4.00. The van der Waals surface area contributed by atoms with Crippen LogP contribution in [0.4, 0.5) is 0 Å². The van der Waals surface area contributed by atoms with Crippen LogP contribution >= 0.6 is 22.6 Å². The highest BCUT2D eigenvalue weighted by Gasteiger charge is 2.39. The molecule has 0 saturated carbocycles. The zero-order valence-corrected chi connectivity index (χ0v) is 18.4. The van der Waals surface area contributed by atoms with Gasteiger partial charge >= 0.3 is 0 Å². The molecule has 23 heavy (non-hydrogen) atoms. The first-order valence-corrected chi connectivity index (χ1v) is 12.1. The van der Waals surface area contributed by atoms with Gasteiger partial charge in [0, 0.05) is 16.0 Å². The number of aromatic nitrogens is 3. The molecule has 4 nitrogen and oxygen atoms in total. The summed E-state index contributed by atoms with van der Waals surface area (Å²) in [5.41, 5.74) is 0.888. The summed E-state index contributed by atoms with van der Waals surface area (Å²) >= 11 is 2.36. The van der Waals surface area contributed by atoms with Gasteiger partial charge in [0.05, 0.1) is 17.5 Å². The highest BCUT2D eigenvalue weighted by atomic mass is 127. The van der Waals surface area contributed by atoms with Crippen LogP contribution in [0, 0.1) is 3.57 Å². The lowest BCUT2D eigenvalue weighted by Crippen LogP contribution is -2.46. The van der Waals surface area contributed by atoms with Crippen molar-refractivity contribution in [1.82, 2.24) is 14.5 Å².